The minimum Gasteiger partial charge on any atom is -0.216 e. The third kappa shape index (κ3) is 1.00. The molecule has 0 aliphatic heterocycles. The van der Waals surface area contributed by atoms with Gasteiger partial charge < -0.3 is 0 Å². The largest absolute Gasteiger partial charge is 0.216 e. The fourth-order valence-electron chi connectivity index (χ4n) is 0.795. The van der Waals surface area contributed by atoms with Crippen LogP contribution in [0.4, 0.5) is 0 Å². The first kappa shape index (κ1) is 7.00. The van der Waals surface area contributed by atoms with Gasteiger partial charge in [0.2, 0.25) is 0 Å². The molecule has 0 aliphatic carbocycles. The summed E-state index contributed by atoms with van der Waals surface area (Å²) in [5.74, 6) is 0. The van der Waals surface area contributed by atoms with E-state index in [1.807, 2.05) is 0 Å². The minimum absolute atomic E-state index is 0.344. The van der Waals surface area contributed by atoms with Crippen LogP contribution in [0, 0.1) is 0 Å². The van der Waals surface area contributed by atoms with Gasteiger partial charge in [-0.2, -0.15) is 5.10 Å². The van der Waals surface area contributed by atoms with Gasteiger partial charge in [-0.25, -0.2) is 4.52 Å². The normalized spacial score (nSPS) is 10.7. The molecule has 0 atom stereocenters. The van der Waals surface area contributed by atoms with Crippen molar-refractivity contribution in [3.05, 3.63) is 22.1 Å². The molecule has 4 nitrogen and oxygen atoms in total. The Morgan fingerprint density at radius 3 is 3.09 bits per heavy atom. The van der Waals surface area contributed by atoms with Crippen molar-refractivity contribution in [1.82, 2.24) is 19.8 Å². The van der Waals surface area contributed by atoms with Crippen molar-refractivity contribution in [3.63, 3.8) is 0 Å². The van der Waals surface area contributed by atoms with E-state index in [4.69, 9.17) is 11.6 Å². The van der Waals surface area contributed by atoms with Crippen LogP contribution in [-0.4, -0.2) is 19.8 Å². The molecular weight excluding hydrogens is 231 g/mol. The first-order chi connectivity index (χ1) is 5.29. The second kappa shape index (κ2) is 2.42. The van der Waals surface area contributed by atoms with Crippen molar-refractivity contribution in [2.45, 2.75) is 0 Å². The van der Waals surface area contributed by atoms with Gasteiger partial charge >= 0.3 is 0 Å². The molecule has 0 bridgehead atoms. The maximum atomic E-state index is 5.74. The lowest BCUT2D eigenvalue weighted by molar-refractivity contribution is 0.864. The molecule has 0 unspecified atom stereocenters. The quantitative estimate of drug-likeness (QED) is 0.693. The van der Waals surface area contributed by atoms with Gasteiger partial charge in [0, 0.05) is 0 Å². The second-order valence-corrected chi connectivity index (χ2v) is 3.12. The Morgan fingerprint density at radius 2 is 2.36 bits per heavy atom. The van der Waals surface area contributed by atoms with Crippen LogP contribution in [-0.2, 0) is 0 Å². The highest BCUT2D eigenvalue weighted by atomic mass is 79.9. The van der Waals surface area contributed by atoms with Gasteiger partial charge in [-0.15, -0.1) is 10.2 Å². The van der Waals surface area contributed by atoms with E-state index in [1.165, 1.54) is 6.33 Å². The fraction of sp³-hybridized carbons (Fsp3) is 0. The lowest BCUT2D eigenvalue weighted by Gasteiger charge is -1.91. The molecule has 0 aliphatic rings. The summed E-state index contributed by atoms with van der Waals surface area (Å²) in [6.07, 6.45) is 3.14. The SMILES string of the molecule is Clc1nncn2ncc(Br)c12. The molecule has 0 amide bonds. The Balaban J connectivity index is 2.96. The van der Waals surface area contributed by atoms with Crippen LogP contribution in [0.25, 0.3) is 5.52 Å². The van der Waals surface area contributed by atoms with Gasteiger partial charge in [-0.3, -0.25) is 0 Å². The molecule has 2 aromatic heterocycles. The standard InChI is InChI=1S/C5H2BrClN4/c6-3-1-9-11-2-8-10-5(7)4(3)11/h1-2H. The Bertz CT molecular complexity index is 398. The van der Waals surface area contributed by atoms with Gasteiger partial charge in [-0.1, -0.05) is 11.6 Å². The van der Waals surface area contributed by atoms with Crippen LogP contribution in [0.2, 0.25) is 5.15 Å². The van der Waals surface area contributed by atoms with E-state index in [2.05, 4.69) is 31.2 Å². The molecule has 0 saturated carbocycles. The number of aromatic nitrogens is 4. The maximum Gasteiger partial charge on any atom is 0.178 e. The summed E-state index contributed by atoms with van der Waals surface area (Å²) >= 11 is 9.02. The summed E-state index contributed by atoms with van der Waals surface area (Å²) in [4.78, 5) is 0. The lowest BCUT2D eigenvalue weighted by Crippen LogP contribution is -1.91. The van der Waals surface area contributed by atoms with Crippen molar-refractivity contribution in [2.75, 3.05) is 0 Å². The Morgan fingerprint density at radius 1 is 1.55 bits per heavy atom. The van der Waals surface area contributed by atoms with Crippen molar-refractivity contribution in [2.24, 2.45) is 0 Å². The zero-order valence-electron chi connectivity index (χ0n) is 5.20. The highest BCUT2D eigenvalue weighted by Gasteiger charge is 2.05. The number of halogens is 2. The van der Waals surface area contributed by atoms with Crippen LogP contribution < -0.4 is 0 Å². The molecule has 2 heterocycles. The average molecular weight is 233 g/mol. The summed E-state index contributed by atoms with van der Waals surface area (Å²) in [5, 5.41) is 11.6. The molecule has 0 saturated heterocycles. The Hall–Kier alpha value is -0.680. The van der Waals surface area contributed by atoms with E-state index in [0.29, 0.717) is 5.15 Å². The molecule has 2 rings (SSSR count). The number of fused-ring (bicyclic) bond motifs is 1. The number of hydrogen-bond acceptors (Lipinski definition) is 3. The fourth-order valence-corrected chi connectivity index (χ4v) is 1.60. The highest BCUT2D eigenvalue weighted by Crippen LogP contribution is 2.21. The molecule has 0 spiro atoms. The summed E-state index contributed by atoms with van der Waals surface area (Å²) in [7, 11) is 0. The topological polar surface area (TPSA) is 43.1 Å². The minimum atomic E-state index is 0.344. The van der Waals surface area contributed by atoms with E-state index in [-0.39, 0.29) is 0 Å². The predicted octanol–water partition coefficient (Wildman–Crippen LogP) is 1.54. The first-order valence-electron chi connectivity index (χ1n) is 2.79. The molecule has 56 valence electrons. The molecule has 6 heteroatoms. The van der Waals surface area contributed by atoms with Gasteiger partial charge in [-0.05, 0) is 15.9 Å². The maximum absolute atomic E-state index is 5.74. The summed E-state index contributed by atoms with van der Waals surface area (Å²) in [6, 6.07) is 0. The zero-order valence-corrected chi connectivity index (χ0v) is 7.54. The number of hydrogen-bond donors (Lipinski definition) is 0. The van der Waals surface area contributed by atoms with Gasteiger partial charge in [0.25, 0.3) is 0 Å². The van der Waals surface area contributed by atoms with Crippen LogP contribution >= 0.6 is 27.5 Å². The van der Waals surface area contributed by atoms with Crippen LogP contribution in [0.15, 0.2) is 17.0 Å². The molecule has 0 radical (unpaired) electrons. The van der Waals surface area contributed by atoms with Crippen molar-refractivity contribution in [1.29, 1.82) is 0 Å². The zero-order chi connectivity index (χ0) is 7.84. The highest BCUT2D eigenvalue weighted by molar-refractivity contribution is 9.10. The third-order valence-corrected chi connectivity index (χ3v) is 2.09. The lowest BCUT2D eigenvalue weighted by atomic mass is 10.5. The number of rotatable bonds is 0. The smallest absolute Gasteiger partial charge is 0.178 e. The third-order valence-electron chi connectivity index (χ3n) is 1.25. The van der Waals surface area contributed by atoms with Crippen LogP contribution in [0.1, 0.15) is 0 Å². The first-order valence-corrected chi connectivity index (χ1v) is 3.96. The predicted molar refractivity (Wildman–Crippen MR) is 43.5 cm³/mol. The van der Waals surface area contributed by atoms with Gasteiger partial charge in [0.1, 0.15) is 11.8 Å². The van der Waals surface area contributed by atoms with E-state index < -0.39 is 0 Å². The summed E-state index contributed by atoms with van der Waals surface area (Å²) in [5.41, 5.74) is 0.738. The molecule has 0 N–H and O–H groups in total. The van der Waals surface area contributed by atoms with Crippen molar-refractivity contribution >= 4 is 33.0 Å². The molecule has 2 aromatic rings. The van der Waals surface area contributed by atoms with Crippen molar-refractivity contribution in [3.8, 4) is 0 Å². The molecular formula is C5H2BrClN4. The Labute approximate surface area is 75.3 Å². The monoisotopic (exact) mass is 232 g/mol. The average Bonchev–Trinajstić information content (AvgIpc) is 2.34. The number of nitrogens with zero attached hydrogens (tertiary/aromatic N) is 4. The van der Waals surface area contributed by atoms with Crippen molar-refractivity contribution < 1.29 is 0 Å². The van der Waals surface area contributed by atoms with Crippen LogP contribution in [0.3, 0.4) is 0 Å². The molecule has 11 heavy (non-hydrogen) atoms. The van der Waals surface area contributed by atoms with E-state index in [0.717, 1.165) is 9.99 Å². The summed E-state index contributed by atoms with van der Waals surface area (Å²) in [6.45, 7) is 0. The van der Waals surface area contributed by atoms with Gasteiger partial charge in [0.15, 0.2) is 5.15 Å². The van der Waals surface area contributed by atoms with Gasteiger partial charge in [0.05, 0.1) is 10.7 Å². The molecule has 0 fully saturated rings. The van der Waals surface area contributed by atoms with E-state index in [9.17, 15) is 0 Å². The van der Waals surface area contributed by atoms with E-state index >= 15 is 0 Å². The Kier molecular flexibility index (Phi) is 1.54. The van der Waals surface area contributed by atoms with Crippen LogP contribution in [0.5, 0.6) is 0 Å². The second-order valence-electron chi connectivity index (χ2n) is 1.91. The summed E-state index contributed by atoms with van der Waals surface area (Å²) < 4.78 is 2.37. The molecule has 0 aromatic carbocycles. The van der Waals surface area contributed by atoms with E-state index in [1.54, 1.807) is 10.7 Å².